The number of fused-ring (bicyclic) bond motifs is 1. The molecule has 1 atom stereocenters. The van der Waals surface area contributed by atoms with Gasteiger partial charge in [-0.15, -0.1) is 6.58 Å². The second-order valence-corrected chi connectivity index (χ2v) is 5.66. The van der Waals surface area contributed by atoms with E-state index < -0.39 is 0 Å². The average Bonchev–Trinajstić information content (AvgIpc) is 2.55. The van der Waals surface area contributed by atoms with E-state index in [2.05, 4.69) is 34.6 Å². The van der Waals surface area contributed by atoms with E-state index in [4.69, 9.17) is 0 Å². The third kappa shape index (κ3) is 2.55. The van der Waals surface area contributed by atoms with Gasteiger partial charge >= 0.3 is 0 Å². The van der Waals surface area contributed by atoms with Gasteiger partial charge in [0, 0.05) is 10.7 Å². The molecule has 2 rings (SSSR count). The van der Waals surface area contributed by atoms with Crippen molar-refractivity contribution in [2.45, 2.75) is 32.1 Å². The minimum absolute atomic E-state index is 0.124. The molecule has 0 amide bonds. The van der Waals surface area contributed by atoms with Crippen molar-refractivity contribution in [1.82, 2.24) is 0 Å². The van der Waals surface area contributed by atoms with E-state index in [9.17, 15) is 5.11 Å². The number of hydrogen-bond acceptors (Lipinski definition) is 1. The first kappa shape index (κ1) is 13.8. The summed E-state index contributed by atoms with van der Waals surface area (Å²) in [5.41, 5.74) is 2.19. The summed E-state index contributed by atoms with van der Waals surface area (Å²) in [6.45, 7) is 3.80. The monoisotopic (exact) mass is 307 g/mol. The van der Waals surface area contributed by atoms with Gasteiger partial charge in [-0.3, -0.25) is 0 Å². The first-order valence-corrected chi connectivity index (χ1v) is 7.67. The standard InChI is InChI=1S/C16H20BrO/c1-2-3-10-16(12-17)11-6-8-13-7-4-5-9-14(13)15(16)18/h2,4-5,7,9,18H,1,3,6,8,10-12H2. The maximum absolute atomic E-state index is 10.7. The lowest BCUT2D eigenvalue weighted by molar-refractivity contribution is 0.156. The van der Waals surface area contributed by atoms with Crippen LogP contribution in [0.5, 0.6) is 0 Å². The molecule has 1 aliphatic rings. The van der Waals surface area contributed by atoms with Crippen LogP contribution in [-0.2, 0) is 6.42 Å². The van der Waals surface area contributed by atoms with Gasteiger partial charge in [0.05, 0.1) is 0 Å². The summed E-state index contributed by atoms with van der Waals surface area (Å²) < 4.78 is 0. The van der Waals surface area contributed by atoms with Crippen molar-refractivity contribution in [3.8, 4) is 0 Å². The molecular weight excluding hydrogens is 288 g/mol. The van der Waals surface area contributed by atoms with Gasteiger partial charge < -0.3 is 5.11 Å². The summed E-state index contributed by atoms with van der Waals surface area (Å²) in [6, 6.07) is 8.23. The lowest BCUT2D eigenvalue weighted by Gasteiger charge is -2.35. The number of halogens is 1. The Kier molecular flexibility index (Phi) is 4.63. The molecule has 0 bridgehead atoms. The van der Waals surface area contributed by atoms with Crippen LogP contribution in [0.2, 0.25) is 0 Å². The molecular formula is C16H20BrO. The molecule has 0 saturated heterocycles. The Bertz CT molecular complexity index is 415. The fourth-order valence-corrected chi connectivity index (χ4v) is 3.64. The first-order chi connectivity index (χ1) is 8.73. The molecule has 18 heavy (non-hydrogen) atoms. The summed E-state index contributed by atoms with van der Waals surface area (Å²) in [6.07, 6.45) is 7.63. The van der Waals surface area contributed by atoms with E-state index in [1.165, 1.54) is 5.56 Å². The Balaban J connectivity index is 2.35. The molecule has 1 aromatic rings. The van der Waals surface area contributed by atoms with Crippen molar-refractivity contribution in [3.05, 3.63) is 54.2 Å². The van der Waals surface area contributed by atoms with Crippen LogP contribution in [0.15, 0.2) is 36.9 Å². The summed E-state index contributed by atoms with van der Waals surface area (Å²) in [4.78, 5) is 0. The molecule has 1 aliphatic carbocycles. The van der Waals surface area contributed by atoms with Gasteiger partial charge in [0.15, 0.2) is 0 Å². The normalized spacial score (nSPS) is 24.3. The van der Waals surface area contributed by atoms with Crippen LogP contribution in [0.25, 0.3) is 0 Å². The highest BCUT2D eigenvalue weighted by Gasteiger charge is 2.40. The first-order valence-electron chi connectivity index (χ1n) is 6.55. The molecule has 0 aliphatic heterocycles. The fourth-order valence-electron chi connectivity index (χ4n) is 2.81. The molecule has 1 N–H and O–H groups in total. The van der Waals surface area contributed by atoms with Crippen molar-refractivity contribution in [1.29, 1.82) is 0 Å². The highest BCUT2D eigenvalue weighted by atomic mass is 79.9. The smallest absolute Gasteiger partial charge is 0.130 e. The predicted octanol–water partition coefficient (Wildman–Crippen LogP) is 4.62. The maximum atomic E-state index is 10.7. The molecule has 2 heteroatoms. The van der Waals surface area contributed by atoms with Crippen LogP contribution in [0, 0.1) is 11.5 Å². The van der Waals surface area contributed by atoms with Gasteiger partial charge in [-0.05, 0) is 43.2 Å². The summed E-state index contributed by atoms with van der Waals surface area (Å²) >= 11 is 3.61. The minimum Gasteiger partial charge on any atom is -0.381 e. The maximum Gasteiger partial charge on any atom is 0.130 e. The highest BCUT2D eigenvalue weighted by Crippen LogP contribution is 2.46. The minimum atomic E-state index is -0.124. The summed E-state index contributed by atoms with van der Waals surface area (Å²) in [7, 11) is 0. The second-order valence-electron chi connectivity index (χ2n) is 5.10. The van der Waals surface area contributed by atoms with Crippen LogP contribution in [0.1, 0.15) is 36.8 Å². The topological polar surface area (TPSA) is 20.2 Å². The van der Waals surface area contributed by atoms with Gasteiger partial charge in [0.2, 0.25) is 0 Å². The lowest BCUT2D eigenvalue weighted by Crippen LogP contribution is -2.31. The van der Waals surface area contributed by atoms with E-state index in [1.54, 1.807) is 0 Å². The third-order valence-corrected chi connectivity index (χ3v) is 5.03. The third-order valence-electron chi connectivity index (χ3n) is 3.96. The quantitative estimate of drug-likeness (QED) is 0.489. The molecule has 97 valence electrons. The number of alkyl halides is 1. The zero-order chi connectivity index (χ0) is 13.0. The number of aryl methyl sites for hydroxylation is 1. The van der Waals surface area contributed by atoms with Gasteiger partial charge in [-0.1, -0.05) is 46.3 Å². The fraction of sp³-hybridized carbons (Fsp3) is 0.438. The molecule has 0 heterocycles. The number of aliphatic hydroxyl groups is 1. The Hall–Kier alpha value is -0.600. The van der Waals surface area contributed by atoms with Gasteiger partial charge in [-0.25, -0.2) is 0 Å². The van der Waals surface area contributed by atoms with E-state index in [0.717, 1.165) is 43.0 Å². The van der Waals surface area contributed by atoms with Crippen molar-refractivity contribution in [3.63, 3.8) is 0 Å². The SMILES string of the molecule is C=CCCC1(CBr)CCCc2ccccc2[C]1O. The zero-order valence-electron chi connectivity index (χ0n) is 10.7. The molecule has 0 aromatic heterocycles. The predicted molar refractivity (Wildman–Crippen MR) is 79.3 cm³/mol. The molecule has 1 unspecified atom stereocenters. The molecule has 1 radical (unpaired) electrons. The second kappa shape index (κ2) is 6.03. The van der Waals surface area contributed by atoms with Crippen molar-refractivity contribution in [2.24, 2.45) is 5.41 Å². The summed E-state index contributed by atoms with van der Waals surface area (Å²) in [5, 5.41) is 11.5. The molecule has 0 fully saturated rings. The van der Waals surface area contributed by atoms with Crippen molar-refractivity contribution < 1.29 is 5.11 Å². The lowest BCUT2D eigenvalue weighted by atomic mass is 9.75. The van der Waals surface area contributed by atoms with E-state index >= 15 is 0 Å². The van der Waals surface area contributed by atoms with Gasteiger partial charge in [-0.2, -0.15) is 0 Å². The van der Waals surface area contributed by atoms with Crippen molar-refractivity contribution in [2.75, 3.05) is 5.33 Å². The molecule has 1 aromatic carbocycles. The Morgan fingerprint density at radius 3 is 2.89 bits per heavy atom. The number of rotatable bonds is 4. The number of benzene rings is 1. The average molecular weight is 308 g/mol. The van der Waals surface area contributed by atoms with Crippen LogP contribution in [0.4, 0.5) is 0 Å². The number of allylic oxidation sites excluding steroid dienone is 1. The number of aliphatic hydroxyl groups excluding tert-OH is 1. The van der Waals surface area contributed by atoms with Gasteiger partial charge in [0.1, 0.15) is 6.10 Å². The zero-order valence-corrected chi connectivity index (χ0v) is 12.2. The molecule has 0 saturated carbocycles. The highest BCUT2D eigenvalue weighted by molar-refractivity contribution is 9.09. The molecule has 1 nitrogen and oxygen atoms in total. The number of hydrogen-bond donors (Lipinski definition) is 1. The van der Waals surface area contributed by atoms with E-state index in [0.29, 0.717) is 6.10 Å². The Morgan fingerprint density at radius 1 is 1.39 bits per heavy atom. The van der Waals surface area contributed by atoms with Crippen LogP contribution < -0.4 is 0 Å². The van der Waals surface area contributed by atoms with Crippen LogP contribution in [0.3, 0.4) is 0 Å². The van der Waals surface area contributed by atoms with Crippen LogP contribution >= 0.6 is 15.9 Å². The molecule has 0 spiro atoms. The van der Waals surface area contributed by atoms with Crippen LogP contribution in [-0.4, -0.2) is 10.4 Å². The van der Waals surface area contributed by atoms with E-state index in [1.807, 2.05) is 18.2 Å². The summed E-state index contributed by atoms with van der Waals surface area (Å²) in [5.74, 6) is 0. The van der Waals surface area contributed by atoms with E-state index in [-0.39, 0.29) is 5.41 Å². The largest absolute Gasteiger partial charge is 0.381 e. The Labute approximate surface area is 118 Å². The van der Waals surface area contributed by atoms with Gasteiger partial charge in [0.25, 0.3) is 0 Å². The Morgan fingerprint density at radius 2 is 2.17 bits per heavy atom. The van der Waals surface area contributed by atoms with Crippen molar-refractivity contribution >= 4 is 15.9 Å².